The Kier molecular flexibility index (Phi) is 50.2. The van der Waals surface area contributed by atoms with E-state index in [9.17, 15) is 30.7 Å². The molecule has 768 valence electrons. The molecule has 12 heterocycles. The van der Waals surface area contributed by atoms with Crippen molar-refractivity contribution in [3.8, 4) is 34.5 Å². The van der Waals surface area contributed by atoms with Gasteiger partial charge in [0.25, 0.3) is 0 Å². The van der Waals surface area contributed by atoms with Crippen LogP contribution in [0, 0.1) is 18.7 Å². The topological polar surface area (TPSA) is 207 Å². The molecule has 9 aliphatic rings. The third-order valence-corrected chi connectivity index (χ3v) is 26.1. The van der Waals surface area contributed by atoms with Gasteiger partial charge in [0, 0.05) is 206 Å². The number of likely N-dealkylation sites (N-methyl/N-ethyl adjacent to an activating group) is 3. The summed E-state index contributed by atoms with van der Waals surface area (Å²) in [4.78, 5) is 45.7. The number of halogens is 8. The number of piperazine rings is 3. The molecule has 33 heteroatoms. The van der Waals surface area contributed by atoms with E-state index in [0.717, 1.165) is 183 Å². The number of nitrogens with zero attached hydrogens (tertiary/aromatic N) is 16. The number of oxime groups is 1. The lowest BCUT2D eigenvalue weighted by atomic mass is 9.94. The van der Waals surface area contributed by atoms with Crippen LogP contribution in [0.1, 0.15) is 117 Å². The molecule has 9 saturated heterocycles. The number of pyridine rings is 3. The van der Waals surface area contributed by atoms with Crippen molar-refractivity contribution < 1.29 is 64.0 Å². The zero-order chi connectivity index (χ0) is 99.7. The van der Waals surface area contributed by atoms with Crippen LogP contribution in [-0.2, 0) is 36.8 Å². The van der Waals surface area contributed by atoms with Gasteiger partial charge >= 0.3 is 12.4 Å². The van der Waals surface area contributed by atoms with Gasteiger partial charge in [0.05, 0.1) is 23.9 Å². The number of benzene rings is 5. The fourth-order valence-electron chi connectivity index (χ4n) is 16.7. The number of rotatable bonds is 21. The van der Waals surface area contributed by atoms with Crippen LogP contribution >= 0.6 is 11.6 Å². The number of piperidine rings is 6. The average molecular weight is 1960 g/mol. The number of nitrogens with two attached hydrogens (primary N) is 2. The van der Waals surface area contributed by atoms with Crippen LogP contribution in [-0.4, -0.2) is 344 Å². The molecule has 5 aromatic carbocycles. The Bertz CT molecular complexity index is 4360. The molecule has 0 saturated carbocycles. The minimum Gasteiger partial charge on any atom is -0.497 e. The summed E-state index contributed by atoms with van der Waals surface area (Å²) in [5, 5.41) is 4.22. The van der Waals surface area contributed by atoms with E-state index < -0.39 is 29.2 Å². The summed E-state index contributed by atoms with van der Waals surface area (Å²) in [6.07, 6.45) is 14.2. The summed E-state index contributed by atoms with van der Waals surface area (Å²) in [7, 11) is 20.9. The number of methoxy groups -OCH3 is 1. The summed E-state index contributed by atoms with van der Waals surface area (Å²) >= 11 is 5.90. The molecule has 9 fully saturated rings. The average Bonchev–Trinajstić information content (AvgIpc) is 0.800. The molecule has 0 radical (unpaired) electrons. The first-order valence-corrected chi connectivity index (χ1v) is 49.7. The zero-order valence-corrected chi connectivity index (χ0v) is 84.8. The maximum atomic E-state index is 12.7. The lowest BCUT2D eigenvalue weighted by Crippen LogP contribution is -2.43. The van der Waals surface area contributed by atoms with Gasteiger partial charge in [-0.1, -0.05) is 53.6 Å². The molecule has 9 aliphatic heterocycles. The van der Waals surface area contributed by atoms with Gasteiger partial charge in [0.2, 0.25) is 5.96 Å². The van der Waals surface area contributed by atoms with E-state index in [4.69, 9.17) is 56.3 Å². The van der Waals surface area contributed by atoms with Crippen LogP contribution in [0.4, 0.5) is 30.7 Å². The Labute approximate surface area is 828 Å². The summed E-state index contributed by atoms with van der Waals surface area (Å²) in [5.74, 6) is 4.58. The van der Waals surface area contributed by atoms with Crippen molar-refractivity contribution in [2.75, 3.05) is 234 Å². The van der Waals surface area contributed by atoms with Crippen LogP contribution in [0.5, 0.6) is 34.5 Å². The van der Waals surface area contributed by atoms with Gasteiger partial charge in [-0.15, -0.1) is 0 Å². The smallest absolute Gasteiger partial charge is 0.416 e. The summed E-state index contributed by atoms with van der Waals surface area (Å²) in [6.45, 7) is 32.6. The van der Waals surface area contributed by atoms with Gasteiger partial charge in [0.1, 0.15) is 77.4 Å². The Morgan fingerprint density at radius 1 is 0.367 bits per heavy atom. The zero-order valence-electron chi connectivity index (χ0n) is 84.0. The van der Waals surface area contributed by atoms with E-state index in [2.05, 4.69) is 192 Å². The molecule has 17 rings (SSSR count). The molecule has 0 bridgehead atoms. The number of guanidine groups is 1. The van der Waals surface area contributed by atoms with E-state index in [0.29, 0.717) is 63.0 Å². The lowest BCUT2D eigenvalue weighted by molar-refractivity contribution is -0.143. The van der Waals surface area contributed by atoms with E-state index in [-0.39, 0.29) is 30.1 Å². The third-order valence-electron chi connectivity index (χ3n) is 25.9. The standard InChI is InChI=1S/C14H15F6NO.C13H19NO2.C13H19NO.C12H16ClNO.C12H16FNO.3C11H17N3.C9H20N4O/c1-21-4-2-11(3-5-21)22-12-7-9(13(15,16)17)6-10(8-12)14(18,19)20;1-14-8-6-11(7-9-14)16-13-5-3-4-12(10-13)15-2;1-11-3-5-12(6-4-11)15-13-7-9-14(2)10-8-13;1-14-7-5-11(6-8-14)15-12-4-2-3-10(13)9-12;1-14-8-6-12(7-9-14)15-11-4-2-10(13)3-5-11;1-13-6-8-14(9-7-13)10-11-2-4-12-5-3-11;1-13-5-7-14(8-6-13)10-11-3-2-4-12-9-11;1-13-6-8-14(9-7-13)10-11-4-2-3-5-12-11;1-13-5-2-8(3-6-13)4-7-14-12-9(10)11/h6-8,11H,2-5H2,1H3;3-5,10-11H,6-9H2,1-2H3;3-6,13H,7-10H2,1-2H3;2-4,9,11H,5-8H2,1H3;2-5,12H,6-9H2,1H3;2-5H,6-10H2,1H3;2-4,9H,5-8,10H2,1H3;2-5H,6-10H2,1H3;8H,2-7H2,1H3,(H4,10,11,12). The fraction of sp³-hybridized carbons (Fsp3) is 0.566. The molecule has 8 aromatic rings. The molecular weight excluding hydrogens is 1810 g/mol. The highest BCUT2D eigenvalue weighted by Gasteiger charge is 2.38. The van der Waals surface area contributed by atoms with Crippen LogP contribution in [0.2, 0.25) is 5.02 Å². The number of likely N-dealkylation sites (tertiary alicyclic amines) is 6. The first-order valence-electron chi connectivity index (χ1n) is 49.3. The van der Waals surface area contributed by atoms with E-state index in [1.165, 1.54) is 126 Å². The number of hydrogen-bond acceptors (Lipinski definition) is 23. The second-order valence-corrected chi connectivity index (χ2v) is 38.3. The Morgan fingerprint density at radius 2 is 0.748 bits per heavy atom. The Balaban J connectivity index is 0.000000176. The quantitative estimate of drug-likeness (QED) is 0.0225. The largest absolute Gasteiger partial charge is 0.497 e. The molecule has 0 atom stereocenters. The Morgan fingerprint density at radius 3 is 1.14 bits per heavy atom. The second kappa shape index (κ2) is 61.6. The normalized spacial score (nSPS) is 19.1. The minimum atomic E-state index is -4.86. The molecular formula is C106H156ClF7N18O7. The van der Waals surface area contributed by atoms with Crippen molar-refractivity contribution in [3.05, 3.63) is 233 Å². The van der Waals surface area contributed by atoms with Crippen LogP contribution < -0.4 is 39.9 Å². The van der Waals surface area contributed by atoms with Crippen molar-refractivity contribution in [2.45, 2.75) is 153 Å². The molecule has 4 N–H and O–H groups in total. The van der Waals surface area contributed by atoms with Crippen molar-refractivity contribution >= 4 is 17.6 Å². The highest BCUT2D eigenvalue weighted by molar-refractivity contribution is 6.30. The molecule has 0 aliphatic carbocycles. The van der Waals surface area contributed by atoms with Gasteiger partial charge in [-0.3, -0.25) is 29.7 Å². The first-order chi connectivity index (χ1) is 66.8. The summed E-state index contributed by atoms with van der Waals surface area (Å²) < 4.78 is 123. The number of hydrogen-bond donors (Lipinski definition) is 2. The van der Waals surface area contributed by atoms with Crippen molar-refractivity contribution in [3.63, 3.8) is 0 Å². The van der Waals surface area contributed by atoms with E-state index in [1.807, 2.05) is 104 Å². The predicted octanol–water partition coefficient (Wildman–Crippen LogP) is 16.4. The van der Waals surface area contributed by atoms with Gasteiger partial charge in [-0.2, -0.15) is 26.3 Å². The van der Waals surface area contributed by atoms with Gasteiger partial charge in [-0.05, 0) is 304 Å². The van der Waals surface area contributed by atoms with Gasteiger partial charge < -0.3 is 88.8 Å². The summed E-state index contributed by atoms with van der Waals surface area (Å²) in [5.41, 5.74) is 12.7. The van der Waals surface area contributed by atoms with Crippen molar-refractivity contribution in [1.82, 2.24) is 73.8 Å². The third kappa shape index (κ3) is 47.0. The van der Waals surface area contributed by atoms with E-state index >= 15 is 0 Å². The van der Waals surface area contributed by atoms with Gasteiger partial charge in [0.15, 0.2) is 0 Å². The Hall–Kier alpha value is -9.26. The highest BCUT2D eigenvalue weighted by atomic mass is 35.5. The lowest BCUT2D eigenvalue weighted by Gasteiger charge is -2.32. The highest BCUT2D eigenvalue weighted by Crippen LogP contribution is 2.39. The molecule has 0 unspecified atom stereocenters. The predicted molar refractivity (Wildman–Crippen MR) is 542 cm³/mol. The second-order valence-electron chi connectivity index (χ2n) is 37.9. The van der Waals surface area contributed by atoms with Crippen molar-refractivity contribution in [1.29, 1.82) is 0 Å². The molecule has 25 nitrogen and oxygen atoms in total. The monoisotopic (exact) mass is 1960 g/mol. The number of aryl methyl sites for hydroxylation is 1. The maximum Gasteiger partial charge on any atom is 0.416 e. The van der Waals surface area contributed by atoms with Crippen LogP contribution in [0.25, 0.3) is 0 Å². The number of alkyl halides is 6. The van der Waals surface area contributed by atoms with Crippen LogP contribution in [0.15, 0.2) is 194 Å². The number of ether oxygens (including phenoxy) is 6. The first kappa shape index (κ1) is 113. The van der Waals surface area contributed by atoms with Crippen molar-refractivity contribution in [2.24, 2.45) is 22.5 Å². The molecule has 0 spiro atoms. The van der Waals surface area contributed by atoms with Gasteiger partial charge in [-0.25, -0.2) is 4.39 Å². The molecule has 3 aromatic heterocycles. The maximum absolute atomic E-state index is 12.7. The number of aromatic nitrogens is 3. The summed E-state index contributed by atoms with van der Waals surface area (Å²) in [6, 6.07) is 45.8. The molecule has 139 heavy (non-hydrogen) atoms. The minimum absolute atomic E-state index is 0.00613. The van der Waals surface area contributed by atoms with E-state index in [1.54, 1.807) is 19.2 Å². The molecule has 0 amide bonds. The SMILES string of the molecule is CN1CCC(CCON=C(N)N)CC1.CN1CCC(Oc2cc(C(F)(F)F)cc(C(F)(F)F)c2)CC1.CN1CCC(Oc2ccc(F)cc2)CC1.CN1CCC(Oc2cccc(Cl)c2)CC1.CN1CCN(Cc2ccccn2)CC1.CN1CCN(Cc2cccnc2)CC1.CN1CCN(Cc2ccncc2)CC1.COc1cccc(OC2CCN(C)CC2)c1.Cc1ccc(OC2CCN(C)CC2)cc1. The fourth-order valence-corrected chi connectivity index (χ4v) is 16.9. The van der Waals surface area contributed by atoms with Crippen LogP contribution in [0.3, 0.4) is 0 Å².